The van der Waals surface area contributed by atoms with Crippen molar-refractivity contribution in [3.8, 4) is 17.0 Å². The molecular formula is C18H24N2O2. The predicted molar refractivity (Wildman–Crippen MR) is 90.5 cm³/mol. The number of aryl methyl sites for hydroxylation is 1. The number of benzene rings is 1. The molecule has 0 saturated carbocycles. The highest BCUT2D eigenvalue weighted by Gasteiger charge is 2.13. The smallest absolute Gasteiger partial charge is 0.255 e. The Labute approximate surface area is 131 Å². The molecule has 0 atom stereocenters. The summed E-state index contributed by atoms with van der Waals surface area (Å²) in [7, 11) is 1.65. The Morgan fingerprint density at radius 2 is 1.95 bits per heavy atom. The minimum atomic E-state index is 0.0597. The molecule has 1 heterocycles. The van der Waals surface area contributed by atoms with Crippen LogP contribution in [0, 0.1) is 6.92 Å². The lowest BCUT2D eigenvalue weighted by molar-refractivity contribution is 0.416. The summed E-state index contributed by atoms with van der Waals surface area (Å²) < 4.78 is 7.27. The van der Waals surface area contributed by atoms with Crippen LogP contribution in [0.15, 0.2) is 35.1 Å². The van der Waals surface area contributed by atoms with Gasteiger partial charge in [-0.15, -0.1) is 0 Å². The SMILES string of the molecule is CCNCc1ccc(-c2cc(C)ccc2OC)n(CC)c1=O. The van der Waals surface area contributed by atoms with E-state index < -0.39 is 0 Å². The Balaban J connectivity index is 2.59. The normalized spacial score (nSPS) is 10.7. The summed E-state index contributed by atoms with van der Waals surface area (Å²) in [5.41, 5.74) is 3.84. The van der Waals surface area contributed by atoms with Crippen LogP contribution in [-0.4, -0.2) is 18.2 Å². The molecule has 0 aliphatic rings. The monoisotopic (exact) mass is 300 g/mol. The average Bonchev–Trinajstić information content (AvgIpc) is 2.53. The molecule has 0 unspecified atom stereocenters. The lowest BCUT2D eigenvalue weighted by atomic mass is 10.1. The quantitative estimate of drug-likeness (QED) is 0.892. The highest BCUT2D eigenvalue weighted by atomic mass is 16.5. The fourth-order valence-electron chi connectivity index (χ4n) is 2.59. The van der Waals surface area contributed by atoms with Crippen molar-refractivity contribution in [2.45, 2.75) is 33.9 Å². The molecule has 0 aliphatic carbocycles. The maximum Gasteiger partial charge on any atom is 0.255 e. The Hall–Kier alpha value is -2.07. The number of methoxy groups -OCH3 is 1. The van der Waals surface area contributed by atoms with Crippen LogP contribution in [0.5, 0.6) is 5.75 Å². The molecule has 0 spiro atoms. The van der Waals surface area contributed by atoms with Gasteiger partial charge in [0.15, 0.2) is 0 Å². The van der Waals surface area contributed by atoms with E-state index in [0.717, 1.165) is 34.7 Å². The third-order valence-corrected chi connectivity index (χ3v) is 3.77. The Morgan fingerprint density at radius 1 is 1.18 bits per heavy atom. The molecule has 0 bridgehead atoms. The summed E-state index contributed by atoms with van der Waals surface area (Å²) in [5.74, 6) is 0.784. The van der Waals surface area contributed by atoms with Crippen LogP contribution in [0.25, 0.3) is 11.3 Å². The fourth-order valence-corrected chi connectivity index (χ4v) is 2.59. The standard InChI is InChI=1S/C18H24N2O2/c1-5-19-12-14-8-9-16(20(6-2)18(14)21)15-11-13(3)7-10-17(15)22-4/h7-11,19H,5-6,12H2,1-4H3. The van der Waals surface area contributed by atoms with Crippen LogP contribution in [0.3, 0.4) is 0 Å². The zero-order valence-electron chi connectivity index (χ0n) is 13.8. The van der Waals surface area contributed by atoms with E-state index in [2.05, 4.69) is 11.4 Å². The molecule has 4 heteroatoms. The highest BCUT2D eigenvalue weighted by molar-refractivity contribution is 5.68. The fraction of sp³-hybridized carbons (Fsp3) is 0.389. The van der Waals surface area contributed by atoms with Crippen molar-refractivity contribution in [2.75, 3.05) is 13.7 Å². The van der Waals surface area contributed by atoms with Crippen molar-refractivity contribution in [1.82, 2.24) is 9.88 Å². The molecule has 0 aliphatic heterocycles. The lowest BCUT2D eigenvalue weighted by Gasteiger charge is -2.16. The number of aromatic nitrogens is 1. The number of nitrogens with one attached hydrogen (secondary N) is 1. The summed E-state index contributed by atoms with van der Waals surface area (Å²) in [6.45, 7) is 8.14. The molecule has 2 aromatic rings. The molecule has 0 radical (unpaired) electrons. The third-order valence-electron chi connectivity index (χ3n) is 3.77. The number of hydrogen-bond donors (Lipinski definition) is 1. The van der Waals surface area contributed by atoms with Gasteiger partial charge in [-0.2, -0.15) is 0 Å². The van der Waals surface area contributed by atoms with E-state index in [4.69, 9.17) is 4.74 Å². The zero-order chi connectivity index (χ0) is 16.1. The summed E-state index contributed by atoms with van der Waals surface area (Å²) in [4.78, 5) is 12.7. The van der Waals surface area contributed by atoms with Crippen molar-refractivity contribution >= 4 is 0 Å². The number of rotatable bonds is 6. The van der Waals surface area contributed by atoms with Gasteiger partial charge in [-0.05, 0) is 38.6 Å². The van der Waals surface area contributed by atoms with Gasteiger partial charge in [-0.1, -0.05) is 24.6 Å². The van der Waals surface area contributed by atoms with Crippen LogP contribution in [-0.2, 0) is 13.1 Å². The number of pyridine rings is 1. The first-order valence-electron chi connectivity index (χ1n) is 7.70. The molecule has 4 nitrogen and oxygen atoms in total. The molecule has 1 N–H and O–H groups in total. The van der Waals surface area contributed by atoms with Crippen molar-refractivity contribution in [3.05, 3.63) is 51.8 Å². The van der Waals surface area contributed by atoms with E-state index >= 15 is 0 Å². The van der Waals surface area contributed by atoms with Gasteiger partial charge in [-0.3, -0.25) is 4.79 Å². The minimum Gasteiger partial charge on any atom is -0.496 e. The molecule has 0 amide bonds. The van der Waals surface area contributed by atoms with Gasteiger partial charge in [0.1, 0.15) is 5.75 Å². The van der Waals surface area contributed by atoms with Gasteiger partial charge in [0.05, 0.1) is 12.8 Å². The van der Waals surface area contributed by atoms with Crippen LogP contribution >= 0.6 is 0 Å². The van der Waals surface area contributed by atoms with Gasteiger partial charge in [0, 0.05) is 24.2 Å². The maximum absolute atomic E-state index is 12.7. The van der Waals surface area contributed by atoms with E-state index in [1.165, 1.54) is 0 Å². The number of hydrogen-bond acceptors (Lipinski definition) is 3. The number of ether oxygens (including phenoxy) is 1. The van der Waals surface area contributed by atoms with Crippen molar-refractivity contribution < 1.29 is 4.74 Å². The lowest BCUT2D eigenvalue weighted by Crippen LogP contribution is -2.27. The Bertz CT molecular complexity index is 705. The Morgan fingerprint density at radius 3 is 2.59 bits per heavy atom. The molecule has 118 valence electrons. The second kappa shape index (κ2) is 7.27. The van der Waals surface area contributed by atoms with E-state index in [1.807, 2.05) is 49.6 Å². The zero-order valence-corrected chi connectivity index (χ0v) is 13.8. The van der Waals surface area contributed by atoms with Gasteiger partial charge >= 0.3 is 0 Å². The van der Waals surface area contributed by atoms with E-state index in [-0.39, 0.29) is 5.56 Å². The first-order valence-corrected chi connectivity index (χ1v) is 7.70. The topological polar surface area (TPSA) is 43.3 Å². The van der Waals surface area contributed by atoms with Gasteiger partial charge in [-0.25, -0.2) is 0 Å². The summed E-state index contributed by atoms with van der Waals surface area (Å²) in [6, 6.07) is 9.94. The van der Waals surface area contributed by atoms with Crippen LogP contribution in [0.1, 0.15) is 25.0 Å². The van der Waals surface area contributed by atoms with Crippen LogP contribution in [0.2, 0.25) is 0 Å². The second-order valence-electron chi connectivity index (χ2n) is 5.28. The van der Waals surface area contributed by atoms with Crippen LogP contribution in [0.4, 0.5) is 0 Å². The molecule has 0 saturated heterocycles. The molecular weight excluding hydrogens is 276 g/mol. The van der Waals surface area contributed by atoms with E-state index in [1.54, 1.807) is 7.11 Å². The van der Waals surface area contributed by atoms with E-state index in [0.29, 0.717) is 13.1 Å². The first kappa shape index (κ1) is 16.3. The molecule has 1 aromatic carbocycles. The summed E-state index contributed by atoms with van der Waals surface area (Å²) >= 11 is 0. The van der Waals surface area contributed by atoms with Crippen molar-refractivity contribution in [3.63, 3.8) is 0 Å². The average molecular weight is 300 g/mol. The second-order valence-corrected chi connectivity index (χ2v) is 5.28. The van der Waals surface area contributed by atoms with Crippen LogP contribution < -0.4 is 15.6 Å². The largest absolute Gasteiger partial charge is 0.496 e. The summed E-state index contributed by atoms with van der Waals surface area (Å²) in [5, 5.41) is 3.21. The molecule has 22 heavy (non-hydrogen) atoms. The molecule has 1 aromatic heterocycles. The Kier molecular flexibility index (Phi) is 5.39. The van der Waals surface area contributed by atoms with Gasteiger partial charge < -0.3 is 14.6 Å². The van der Waals surface area contributed by atoms with Crippen molar-refractivity contribution in [2.24, 2.45) is 0 Å². The summed E-state index contributed by atoms with van der Waals surface area (Å²) in [6.07, 6.45) is 0. The predicted octanol–water partition coefficient (Wildman–Crippen LogP) is 2.96. The maximum atomic E-state index is 12.7. The van der Waals surface area contributed by atoms with Gasteiger partial charge in [0.2, 0.25) is 0 Å². The number of nitrogens with zero attached hydrogens (tertiary/aromatic N) is 1. The van der Waals surface area contributed by atoms with E-state index in [9.17, 15) is 4.79 Å². The third kappa shape index (κ3) is 3.22. The first-order chi connectivity index (χ1) is 10.6. The van der Waals surface area contributed by atoms with Crippen molar-refractivity contribution in [1.29, 1.82) is 0 Å². The molecule has 0 fully saturated rings. The highest BCUT2D eigenvalue weighted by Crippen LogP contribution is 2.30. The van der Waals surface area contributed by atoms with Gasteiger partial charge in [0.25, 0.3) is 5.56 Å². The minimum absolute atomic E-state index is 0.0597. The molecule has 2 rings (SSSR count).